The van der Waals surface area contributed by atoms with Crippen LogP contribution in [0.4, 0.5) is 0 Å². The van der Waals surface area contributed by atoms with Crippen LogP contribution in [0, 0.1) is 5.92 Å². The third-order valence-electron chi connectivity index (χ3n) is 4.45. The zero-order valence-corrected chi connectivity index (χ0v) is 15.0. The zero-order valence-electron chi connectivity index (χ0n) is 14.2. The Hall–Kier alpha value is -0.510. The molecule has 1 N–H and O–H groups in total. The largest absolute Gasteiger partial charge is 0.369 e. The van der Waals surface area contributed by atoms with E-state index in [9.17, 15) is 0 Å². The summed E-state index contributed by atoms with van der Waals surface area (Å²) in [6.45, 7) is 12.0. The van der Waals surface area contributed by atoms with E-state index in [-0.39, 0.29) is 11.2 Å². The number of nitrogens with one attached hydrogen (secondary N) is 1. The first-order valence-electron chi connectivity index (χ1n) is 7.86. The smallest absolute Gasteiger partial charge is 0.0681 e. The predicted octanol–water partition coefficient (Wildman–Crippen LogP) is 4.65. The lowest BCUT2D eigenvalue weighted by molar-refractivity contribution is -0.0778. The number of hydrogen-bond acceptors (Lipinski definition) is 3. The molecule has 2 unspecified atom stereocenters. The molecule has 3 heteroatoms. The lowest BCUT2D eigenvalue weighted by Gasteiger charge is -2.34. The van der Waals surface area contributed by atoms with Crippen LogP contribution in [0.2, 0.25) is 0 Å². The summed E-state index contributed by atoms with van der Waals surface area (Å²) in [4.78, 5) is 1.32. The maximum absolute atomic E-state index is 6.30. The molecule has 0 saturated carbocycles. The van der Waals surface area contributed by atoms with Gasteiger partial charge in [0.15, 0.2) is 0 Å². The predicted molar refractivity (Wildman–Crippen MR) is 92.0 cm³/mol. The first-order valence-corrected chi connectivity index (χ1v) is 9.09. The normalized spacial score (nSPS) is 25.0. The maximum atomic E-state index is 6.30. The van der Waals surface area contributed by atoms with Crippen molar-refractivity contribution in [1.82, 2.24) is 5.32 Å². The summed E-state index contributed by atoms with van der Waals surface area (Å²) < 4.78 is 6.30. The van der Waals surface area contributed by atoms with Crippen LogP contribution in [0.15, 0.2) is 29.2 Å². The molecule has 118 valence electrons. The van der Waals surface area contributed by atoms with E-state index in [0.29, 0.717) is 12.0 Å². The van der Waals surface area contributed by atoms with Gasteiger partial charge in [0.05, 0.1) is 11.2 Å². The second-order valence-electron chi connectivity index (χ2n) is 7.08. The highest BCUT2D eigenvalue weighted by atomic mass is 32.2. The van der Waals surface area contributed by atoms with E-state index in [1.165, 1.54) is 10.5 Å². The quantitative estimate of drug-likeness (QED) is 0.800. The van der Waals surface area contributed by atoms with Gasteiger partial charge in [0.1, 0.15) is 0 Å². The van der Waals surface area contributed by atoms with Gasteiger partial charge in [0.25, 0.3) is 0 Å². The van der Waals surface area contributed by atoms with Crippen LogP contribution in [-0.2, 0) is 4.74 Å². The molecule has 1 fully saturated rings. The van der Waals surface area contributed by atoms with Gasteiger partial charge < -0.3 is 10.1 Å². The van der Waals surface area contributed by atoms with Gasteiger partial charge >= 0.3 is 0 Å². The molecule has 1 aliphatic heterocycles. The fourth-order valence-electron chi connectivity index (χ4n) is 3.65. The third kappa shape index (κ3) is 3.82. The lowest BCUT2D eigenvalue weighted by atomic mass is 9.79. The highest BCUT2D eigenvalue weighted by Gasteiger charge is 2.49. The minimum Gasteiger partial charge on any atom is -0.369 e. The van der Waals surface area contributed by atoms with Gasteiger partial charge in [-0.2, -0.15) is 0 Å². The Balaban J connectivity index is 2.29. The van der Waals surface area contributed by atoms with Crippen LogP contribution in [0.1, 0.15) is 52.6 Å². The Bertz CT molecular complexity index is 467. The Morgan fingerprint density at radius 1 is 1.24 bits per heavy atom. The Kier molecular flexibility index (Phi) is 5.07. The molecule has 1 aromatic rings. The first kappa shape index (κ1) is 16.9. The standard InChI is InChI=1S/C18H29NOS/c1-7-19-16(13-8-10-14(21-6)11-9-13)15-12-17(2,3)20-18(15,4)5/h8-11,15-16,19H,7,12H2,1-6H3. The average Bonchev–Trinajstić information content (AvgIpc) is 2.64. The summed E-state index contributed by atoms with van der Waals surface area (Å²) in [6.07, 6.45) is 3.20. The molecule has 0 aromatic heterocycles. The maximum Gasteiger partial charge on any atom is 0.0681 e. The van der Waals surface area contributed by atoms with Crippen molar-refractivity contribution in [2.45, 2.75) is 63.2 Å². The number of ether oxygens (including phenoxy) is 1. The summed E-state index contributed by atoms with van der Waals surface area (Å²) in [5, 5.41) is 3.68. The number of benzene rings is 1. The molecule has 1 aliphatic rings. The summed E-state index contributed by atoms with van der Waals surface area (Å²) in [6, 6.07) is 9.32. The van der Waals surface area contributed by atoms with Crippen LogP contribution in [0.5, 0.6) is 0 Å². The van der Waals surface area contributed by atoms with Gasteiger partial charge in [-0.15, -0.1) is 11.8 Å². The van der Waals surface area contributed by atoms with Gasteiger partial charge in [-0.3, -0.25) is 0 Å². The van der Waals surface area contributed by atoms with Gasteiger partial charge in [-0.25, -0.2) is 0 Å². The van der Waals surface area contributed by atoms with Crippen molar-refractivity contribution >= 4 is 11.8 Å². The molecule has 2 atom stereocenters. The molecular weight excluding hydrogens is 278 g/mol. The molecule has 2 rings (SSSR count). The van der Waals surface area contributed by atoms with Crippen LogP contribution in [0.25, 0.3) is 0 Å². The minimum atomic E-state index is -0.103. The molecule has 0 bridgehead atoms. The number of hydrogen-bond donors (Lipinski definition) is 1. The minimum absolute atomic E-state index is 0.0406. The van der Waals surface area contributed by atoms with Crippen molar-refractivity contribution in [2.24, 2.45) is 5.92 Å². The van der Waals surface area contributed by atoms with E-state index in [1.807, 2.05) is 0 Å². The molecule has 1 heterocycles. The van der Waals surface area contributed by atoms with Gasteiger partial charge in [-0.05, 0) is 64.6 Å². The summed E-state index contributed by atoms with van der Waals surface area (Å²) in [7, 11) is 0. The zero-order chi connectivity index (χ0) is 15.7. The molecule has 21 heavy (non-hydrogen) atoms. The van der Waals surface area contributed by atoms with Gasteiger partial charge in [0, 0.05) is 16.9 Å². The first-order chi connectivity index (χ1) is 9.79. The Morgan fingerprint density at radius 3 is 2.29 bits per heavy atom. The monoisotopic (exact) mass is 307 g/mol. The summed E-state index contributed by atoms with van der Waals surface area (Å²) >= 11 is 1.79. The molecule has 0 radical (unpaired) electrons. The summed E-state index contributed by atoms with van der Waals surface area (Å²) in [5.41, 5.74) is 1.23. The third-order valence-corrected chi connectivity index (χ3v) is 5.19. The Labute approximate surface area is 134 Å². The van der Waals surface area contributed by atoms with E-state index in [1.54, 1.807) is 11.8 Å². The second-order valence-corrected chi connectivity index (χ2v) is 7.96. The highest BCUT2D eigenvalue weighted by Crippen LogP contribution is 2.47. The fraction of sp³-hybridized carbons (Fsp3) is 0.667. The van der Waals surface area contributed by atoms with Crippen LogP contribution in [-0.4, -0.2) is 24.0 Å². The van der Waals surface area contributed by atoms with Crippen LogP contribution < -0.4 is 5.32 Å². The lowest BCUT2D eigenvalue weighted by Crippen LogP contribution is -2.38. The van der Waals surface area contributed by atoms with Crippen molar-refractivity contribution < 1.29 is 4.74 Å². The molecule has 0 spiro atoms. The fourth-order valence-corrected chi connectivity index (χ4v) is 4.06. The van der Waals surface area contributed by atoms with Crippen LogP contribution in [0.3, 0.4) is 0 Å². The molecule has 1 aromatic carbocycles. The van der Waals surface area contributed by atoms with Gasteiger partial charge in [-0.1, -0.05) is 19.1 Å². The molecule has 0 aliphatic carbocycles. The van der Waals surface area contributed by atoms with Crippen molar-refractivity contribution in [1.29, 1.82) is 0 Å². The Morgan fingerprint density at radius 2 is 1.86 bits per heavy atom. The van der Waals surface area contributed by atoms with Crippen LogP contribution >= 0.6 is 11.8 Å². The SMILES string of the molecule is CCNC(c1ccc(SC)cc1)C1CC(C)(C)OC1(C)C. The van der Waals surface area contributed by atoms with Crippen molar-refractivity contribution in [3.8, 4) is 0 Å². The van der Waals surface area contributed by atoms with Crippen molar-refractivity contribution in [3.05, 3.63) is 29.8 Å². The van der Waals surface area contributed by atoms with Crippen molar-refractivity contribution in [3.63, 3.8) is 0 Å². The highest BCUT2D eigenvalue weighted by molar-refractivity contribution is 7.98. The topological polar surface area (TPSA) is 21.3 Å². The number of thioether (sulfide) groups is 1. The molecule has 0 amide bonds. The number of rotatable bonds is 5. The summed E-state index contributed by atoms with van der Waals surface area (Å²) in [5.74, 6) is 0.479. The van der Waals surface area contributed by atoms with E-state index in [0.717, 1.165) is 13.0 Å². The van der Waals surface area contributed by atoms with Gasteiger partial charge in [0.2, 0.25) is 0 Å². The van der Waals surface area contributed by atoms with E-state index in [2.05, 4.69) is 70.5 Å². The molecular formula is C18H29NOS. The van der Waals surface area contributed by atoms with E-state index < -0.39 is 0 Å². The van der Waals surface area contributed by atoms with Crippen molar-refractivity contribution in [2.75, 3.05) is 12.8 Å². The van der Waals surface area contributed by atoms with E-state index in [4.69, 9.17) is 4.74 Å². The molecule has 2 nitrogen and oxygen atoms in total. The van der Waals surface area contributed by atoms with E-state index >= 15 is 0 Å². The second kappa shape index (κ2) is 6.31. The molecule has 1 saturated heterocycles. The average molecular weight is 308 g/mol.